The standard InChI is InChI=1S/C11H14O/c1-12-8-10-7-11(10)9-5-3-2-4-6-9/h2-6,10-11H,7-8H2,1H3/t10-,11-/m0/s1. The van der Waals surface area contributed by atoms with Gasteiger partial charge < -0.3 is 4.74 Å². The monoisotopic (exact) mass is 162 g/mol. The van der Waals surface area contributed by atoms with Gasteiger partial charge in [-0.2, -0.15) is 0 Å². The zero-order valence-corrected chi connectivity index (χ0v) is 7.36. The van der Waals surface area contributed by atoms with Crippen LogP contribution in [0.5, 0.6) is 0 Å². The third-order valence-electron chi connectivity index (χ3n) is 2.53. The molecule has 1 aliphatic rings. The molecule has 0 spiro atoms. The van der Waals surface area contributed by atoms with Crippen LogP contribution in [-0.2, 0) is 4.74 Å². The van der Waals surface area contributed by atoms with Crippen molar-refractivity contribution in [3.05, 3.63) is 35.9 Å². The number of methoxy groups -OCH3 is 1. The van der Waals surface area contributed by atoms with Crippen LogP contribution in [0.3, 0.4) is 0 Å². The van der Waals surface area contributed by atoms with Crippen LogP contribution in [0.1, 0.15) is 17.9 Å². The highest BCUT2D eigenvalue weighted by Crippen LogP contribution is 2.47. The van der Waals surface area contributed by atoms with E-state index in [9.17, 15) is 0 Å². The smallest absolute Gasteiger partial charge is 0.0496 e. The fourth-order valence-electron chi connectivity index (χ4n) is 1.75. The van der Waals surface area contributed by atoms with E-state index in [1.807, 2.05) is 0 Å². The summed E-state index contributed by atoms with van der Waals surface area (Å²) in [6.45, 7) is 0.916. The molecule has 0 N–H and O–H groups in total. The highest BCUT2D eigenvalue weighted by molar-refractivity contribution is 5.25. The Labute approximate surface area is 73.4 Å². The highest BCUT2D eigenvalue weighted by atomic mass is 16.5. The molecule has 0 saturated heterocycles. The molecule has 12 heavy (non-hydrogen) atoms. The SMILES string of the molecule is COC[C@@H]1C[C@H]1c1ccccc1. The molecule has 1 aromatic carbocycles. The van der Waals surface area contributed by atoms with Gasteiger partial charge in [0, 0.05) is 13.7 Å². The lowest BCUT2D eigenvalue weighted by Gasteiger charge is -1.98. The summed E-state index contributed by atoms with van der Waals surface area (Å²) in [7, 11) is 1.78. The maximum atomic E-state index is 5.12. The second kappa shape index (κ2) is 3.28. The number of rotatable bonds is 3. The van der Waals surface area contributed by atoms with Crippen LogP contribution in [0.4, 0.5) is 0 Å². The Morgan fingerprint density at radius 2 is 2.08 bits per heavy atom. The van der Waals surface area contributed by atoms with Crippen LogP contribution < -0.4 is 0 Å². The van der Waals surface area contributed by atoms with Gasteiger partial charge in [0.25, 0.3) is 0 Å². The number of hydrogen-bond acceptors (Lipinski definition) is 1. The molecule has 1 fully saturated rings. The van der Waals surface area contributed by atoms with Gasteiger partial charge in [-0.1, -0.05) is 30.3 Å². The second-order valence-electron chi connectivity index (χ2n) is 3.47. The van der Waals surface area contributed by atoms with Gasteiger partial charge in [0.1, 0.15) is 0 Å². The molecular formula is C11H14O. The fraction of sp³-hybridized carbons (Fsp3) is 0.455. The molecule has 1 heteroatoms. The molecule has 1 nitrogen and oxygen atoms in total. The molecule has 0 heterocycles. The summed E-state index contributed by atoms with van der Waals surface area (Å²) >= 11 is 0. The van der Waals surface area contributed by atoms with Gasteiger partial charge in [-0.15, -0.1) is 0 Å². The van der Waals surface area contributed by atoms with Crippen LogP contribution in [0.2, 0.25) is 0 Å². The van der Waals surface area contributed by atoms with E-state index in [1.54, 1.807) is 7.11 Å². The van der Waals surface area contributed by atoms with Crippen molar-refractivity contribution in [1.29, 1.82) is 0 Å². The van der Waals surface area contributed by atoms with Crippen LogP contribution >= 0.6 is 0 Å². The predicted molar refractivity (Wildman–Crippen MR) is 49.2 cm³/mol. The lowest BCUT2D eigenvalue weighted by molar-refractivity contribution is 0.184. The highest BCUT2D eigenvalue weighted by Gasteiger charge is 2.37. The first-order chi connectivity index (χ1) is 5.92. The van der Waals surface area contributed by atoms with E-state index in [4.69, 9.17) is 4.74 Å². The first-order valence-corrected chi connectivity index (χ1v) is 4.45. The summed E-state index contributed by atoms with van der Waals surface area (Å²) in [4.78, 5) is 0. The van der Waals surface area contributed by atoms with Gasteiger partial charge in [-0.05, 0) is 23.8 Å². The maximum Gasteiger partial charge on any atom is 0.0496 e. The average Bonchev–Trinajstić information content (AvgIpc) is 2.87. The molecule has 1 aliphatic carbocycles. The average molecular weight is 162 g/mol. The van der Waals surface area contributed by atoms with Gasteiger partial charge >= 0.3 is 0 Å². The third-order valence-corrected chi connectivity index (χ3v) is 2.53. The van der Waals surface area contributed by atoms with Crippen molar-refractivity contribution in [3.8, 4) is 0 Å². The van der Waals surface area contributed by atoms with E-state index in [-0.39, 0.29) is 0 Å². The van der Waals surface area contributed by atoms with Crippen LogP contribution in [0, 0.1) is 5.92 Å². The summed E-state index contributed by atoms with van der Waals surface area (Å²) in [5, 5.41) is 0. The molecule has 0 aromatic heterocycles. The molecule has 0 amide bonds. The molecule has 1 aromatic rings. The van der Waals surface area contributed by atoms with E-state index < -0.39 is 0 Å². The molecule has 1 saturated carbocycles. The van der Waals surface area contributed by atoms with Gasteiger partial charge in [0.2, 0.25) is 0 Å². The van der Waals surface area contributed by atoms with Gasteiger partial charge in [0.15, 0.2) is 0 Å². The number of hydrogen-bond donors (Lipinski definition) is 0. The summed E-state index contributed by atoms with van der Waals surface area (Å²) in [6.07, 6.45) is 1.30. The Hall–Kier alpha value is -0.820. The minimum atomic E-state index is 0.770. The summed E-state index contributed by atoms with van der Waals surface area (Å²) in [5.74, 6) is 1.54. The van der Waals surface area contributed by atoms with Crippen molar-refractivity contribution < 1.29 is 4.74 Å². The lowest BCUT2D eigenvalue weighted by atomic mass is 10.1. The third kappa shape index (κ3) is 1.51. The van der Waals surface area contributed by atoms with Crippen molar-refractivity contribution in [3.63, 3.8) is 0 Å². The molecule has 64 valence electrons. The van der Waals surface area contributed by atoms with Crippen molar-refractivity contribution in [2.45, 2.75) is 12.3 Å². The first-order valence-electron chi connectivity index (χ1n) is 4.45. The van der Waals surface area contributed by atoms with Crippen molar-refractivity contribution >= 4 is 0 Å². The van der Waals surface area contributed by atoms with Crippen LogP contribution in [0.15, 0.2) is 30.3 Å². The normalized spacial score (nSPS) is 27.1. The van der Waals surface area contributed by atoms with Gasteiger partial charge in [-0.3, -0.25) is 0 Å². The Morgan fingerprint density at radius 3 is 2.75 bits per heavy atom. The fourth-order valence-corrected chi connectivity index (χ4v) is 1.75. The minimum Gasteiger partial charge on any atom is -0.384 e. The molecule has 2 atom stereocenters. The number of ether oxygens (including phenoxy) is 1. The van der Waals surface area contributed by atoms with Crippen molar-refractivity contribution in [2.24, 2.45) is 5.92 Å². The predicted octanol–water partition coefficient (Wildman–Crippen LogP) is 2.44. The molecular weight excluding hydrogens is 148 g/mol. The summed E-state index contributed by atoms with van der Waals surface area (Å²) < 4.78 is 5.12. The zero-order valence-electron chi connectivity index (χ0n) is 7.36. The van der Waals surface area contributed by atoms with E-state index in [2.05, 4.69) is 30.3 Å². The topological polar surface area (TPSA) is 9.23 Å². The summed E-state index contributed by atoms with van der Waals surface area (Å²) in [5.41, 5.74) is 1.47. The number of benzene rings is 1. The van der Waals surface area contributed by atoms with Crippen LogP contribution in [0.25, 0.3) is 0 Å². The van der Waals surface area contributed by atoms with Gasteiger partial charge in [0.05, 0.1) is 0 Å². The van der Waals surface area contributed by atoms with E-state index in [0.717, 1.165) is 18.4 Å². The molecule has 2 rings (SSSR count). The Kier molecular flexibility index (Phi) is 2.13. The Morgan fingerprint density at radius 1 is 1.33 bits per heavy atom. The molecule has 0 aliphatic heterocycles. The van der Waals surface area contributed by atoms with Crippen LogP contribution in [-0.4, -0.2) is 13.7 Å². The van der Waals surface area contributed by atoms with Crippen molar-refractivity contribution in [2.75, 3.05) is 13.7 Å². The minimum absolute atomic E-state index is 0.770. The second-order valence-corrected chi connectivity index (χ2v) is 3.47. The van der Waals surface area contributed by atoms with E-state index in [0.29, 0.717) is 0 Å². The maximum absolute atomic E-state index is 5.12. The zero-order chi connectivity index (χ0) is 8.39. The summed E-state index contributed by atoms with van der Waals surface area (Å²) in [6, 6.07) is 10.7. The van der Waals surface area contributed by atoms with Gasteiger partial charge in [-0.25, -0.2) is 0 Å². The quantitative estimate of drug-likeness (QED) is 0.663. The largest absolute Gasteiger partial charge is 0.384 e. The molecule has 0 unspecified atom stereocenters. The first kappa shape index (κ1) is 7.81. The Bertz CT molecular complexity index is 242. The molecule has 0 radical (unpaired) electrons. The lowest BCUT2D eigenvalue weighted by Crippen LogP contribution is -1.92. The Balaban J connectivity index is 1.97. The molecule has 0 bridgehead atoms. The van der Waals surface area contributed by atoms with E-state index in [1.165, 1.54) is 12.0 Å². The van der Waals surface area contributed by atoms with E-state index >= 15 is 0 Å². The van der Waals surface area contributed by atoms with Crippen molar-refractivity contribution in [1.82, 2.24) is 0 Å².